The molecular weight excluding hydrogens is 232 g/mol. The molecule has 0 spiro atoms. The van der Waals surface area contributed by atoms with Gasteiger partial charge < -0.3 is 10.9 Å². The molecule has 4 heteroatoms. The first kappa shape index (κ1) is 11.8. The van der Waals surface area contributed by atoms with E-state index in [0.29, 0.717) is 0 Å². The number of rotatable bonds is 3. The predicted molar refractivity (Wildman–Crippen MR) is 72.9 cm³/mol. The Morgan fingerprint density at radius 3 is 2.59 bits per heavy atom. The number of thioether (sulfide) groups is 1. The van der Waals surface area contributed by atoms with Gasteiger partial charge in [-0.2, -0.15) is 0 Å². The third-order valence-corrected chi connectivity index (χ3v) is 3.52. The van der Waals surface area contributed by atoms with Crippen molar-refractivity contribution in [2.45, 2.75) is 11.8 Å². The number of nitrogens with two attached hydrogens (primary N) is 1. The molecule has 0 saturated heterocycles. The average molecular weight is 246 g/mol. The Bertz CT molecular complexity index is 566. The number of nitrogens with zero attached hydrogens (tertiary/aromatic N) is 1. The molecule has 3 N–H and O–H groups in total. The third-order valence-electron chi connectivity index (χ3n) is 2.57. The van der Waals surface area contributed by atoms with Gasteiger partial charge in [0.1, 0.15) is 0 Å². The second-order valence-electron chi connectivity index (χ2n) is 3.58. The molecule has 2 aromatic carbocycles. The molecule has 0 aliphatic carbocycles. The molecule has 17 heavy (non-hydrogen) atoms. The Hall–Kier alpha value is -1.68. The molecule has 0 atom stereocenters. The third kappa shape index (κ3) is 2.22. The molecule has 0 amide bonds. The second kappa shape index (κ2) is 5.10. The molecule has 2 rings (SSSR count). The summed E-state index contributed by atoms with van der Waals surface area (Å²) in [5, 5.41) is 14.0. The number of amidine groups is 1. The van der Waals surface area contributed by atoms with Crippen LogP contribution >= 0.6 is 11.8 Å². The van der Waals surface area contributed by atoms with Gasteiger partial charge in [0.05, 0.1) is 0 Å². The lowest BCUT2D eigenvalue weighted by atomic mass is 10.0. The molecule has 88 valence electrons. The van der Waals surface area contributed by atoms with Crippen molar-refractivity contribution in [3.8, 4) is 0 Å². The van der Waals surface area contributed by atoms with Gasteiger partial charge in [0, 0.05) is 10.5 Å². The summed E-state index contributed by atoms with van der Waals surface area (Å²) in [5.41, 5.74) is 6.44. The Kier molecular flexibility index (Phi) is 3.54. The van der Waals surface area contributed by atoms with E-state index in [9.17, 15) is 0 Å². The summed E-state index contributed by atoms with van der Waals surface area (Å²) in [6.07, 6.45) is 0. The van der Waals surface area contributed by atoms with Gasteiger partial charge in [-0.15, -0.1) is 11.8 Å². The van der Waals surface area contributed by atoms with Crippen LogP contribution in [0.15, 0.2) is 46.4 Å². The maximum Gasteiger partial charge on any atom is 0.170 e. The van der Waals surface area contributed by atoms with Crippen molar-refractivity contribution in [1.82, 2.24) is 0 Å². The van der Waals surface area contributed by atoms with Crippen LogP contribution in [-0.2, 0) is 0 Å². The van der Waals surface area contributed by atoms with Crippen LogP contribution in [0.5, 0.6) is 0 Å². The molecular formula is C13H14N2OS. The minimum atomic E-state index is 0.147. The zero-order chi connectivity index (χ0) is 12.3. The molecule has 0 saturated carbocycles. The van der Waals surface area contributed by atoms with Crippen LogP contribution in [0.3, 0.4) is 0 Å². The molecule has 0 unspecified atom stereocenters. The maximum atomic E-state index is 8.78. The zero-order valence-corrected chi connectivity index (χ0v) is 10.4. The van der Waals surface area contributed by atoms with E-state index in [0.717, 1.165) is 22.1 Å². The Morgan fingerprint density at radius 2 is 1.94 bits per heavy atom. The van der Waals surface area contributed by atoms with Crippen LogP contribution in [-0.4, -0.2) is 16.8 Å². The predicted octanol–water partition coefficient (Wildman–Crippen LogP) is 3.05. The molecule has 2 aromatic rings. The summed E-state index contributed by atoms with van der Waals surface area (Å²) in [4.78, 5) is 1.22. The van der Waals surface area contributed by atoms with E-state index in [4.69, 9.17) is 10.9 Å². The van der Waals surface area contributed by atoms with Crippen molar-refractivity contribution in [3.63, 3.8) is 0 Å². The maximum absolute atomic E-state index is 8.78. The first-order chi connectivity index (χ1) is 8.27. The summed E-state index contributed by atoms with van der Waals surface area (Å²) >= 11 is 1.79. The van der Waals surface area contributed by atoms with Gasteiger partial charge >= 0.3 is 0 Å². The van der Waals surface area contributed by atoms with E-state index < -0.39 is 0 Å². The minimum absolute atomic E-state index is 0.147. The van der Waals surface area contributed by atoms with Crippen LogP contribution in [0.4, 0.5) is 0 Å². The van der Waals surface area contributed by atoms with E-state index in [1.807, 2.05) is 30.3 Å². The number of benzene rings is 2. The second-order valence-corrected chi connectivity index (χ2v) is 4.88. The number of hydrogen-bond acceptors (Lipinski definition) is 3. The SMILES string of the molecule is CCSc1ccc(/C(N)=N/O)c2ccccc12. The Labute approximate surface area is 104 Å². The van der Waals surface area contributed by atoms with Crippen LogP contribution in [0.2, 0.25) is 0 Å². The molecule has 0 aromatic heterocycles. The molecule has 3 nitrogen and oxygen atoms in total. The highest BCUT2D eigenvalue weighted by atomic mass is 32.2. The van der Waals surface area contributed by atoms with Crippen LogP contribution in [0, 0.1) is 0 Å². The van der Waals surface area contributed by atoms with E-state index in [2.05, 4.69) is 18.1 Å². The van der Waals surface area contributed by atoms with Crippen molar-refractivity contribution in [3.05, 3.63) is 42.0 Å². The van der Waals surface area contributed by atoms with Crippen molar-refractivity contribution in [1.29, 1.82) is 0 Å². The van der Waals surface area contributed by atoms with Crippen LogP contribution in [0.1, 0.15) is 12.5 Å². The van der Waals surface area contributed by atoms with Crippen molar-refractivity contribution in [2.24, 2.45) is 10.9 Å². The van der Waals surface area contributed by atoms with Gasteiger partial charge in [0.25, 0.3) is 0 Å². The van der Waals surface area contributed by atoms with Crippen molar-refractivity contribution in [2.75, 3.05) is 5.75 Å². The summed E-state index contributed by atoms with van der Waals surface area (Å²) < 4.78 is 0. The lowest BCUT2D eigenvalue weighted by Crippen LogP contribution is -2.13. The topological polar surface area (TPSA) is 58.6 Å². The van der Waals surface area contributed by atoms with Crippen molar-refractivity contribution >= 4 is 28.4 Å². The normalized spacial score (nSPS) is 11.9. The van der Waals surface area contributed by atoms with Gasteiger partial charge in [0.15, 0.2) is 5.84 Å². The molecule has 0 aliphatic rings. The lowest BCUT2D eigenvalue weighted by molar-refractivity contribution is 0.318. The van der Waals surface area contributed by atoms with E-state index in [1.165, 1.54) is 4.90 Å². The highest BCUT2D eigenvalue weighted by Gasteiger charge is 2.08. The highest BCUT2D eigenvalue weighted by Crippen LogP contribution is 2.29. The lowest BCUT2D eigenvalue weighted by Gasteiger charge is -2.09. The number of fused-ring (bicyclic) bond motifs is 1. The summed E-state index contributed by atoms with van der Waals surface area (Å²) in [7, 11) is 0. The fourth-order valence-electron chi connectivity index (χ4n) is 1.83. The standard InChI is InChI=1S/C13H14N2OS/c1-2-17-12-8-7-11(13(14)15-16)9-5-3-4-6-10(9)12/h3-8,16H,2H2,1H3,(H2,14,15). The largest absolute Gasteiger partial charge is 0.409 e. The Balaban J connectivity index is 2.70. The van der Waals surface area contributed by atoms with Gasteiger partial charge in [-0.05, 0) is 28.7 Å². The van der Waals surface area contributed by atoms with Crippen molar-refractivity contribution < 1.29 is 5.21 Å². The van der Waals surface area contributed by atoms with E-state index >= 15 is 0 Å². The van der Waals surface area contributed by atoms with E-state index in [1.54, 1.807) is 11.8 Å². The zero-order valence-electron chi connectivity index (χ0n) is 9.55. The summed E-state index contributed by atoms with van der Waals surface area (Å²) in [5.74, 6) is 1.17. The molecule has 0 aliphatic heterocycles. The number of oxime groups is 1. The summed E-state index contributed by atoms with van der Waals surface area (Å²) in [6, 6.07) is 11.9. The number of hydrogen-bond donors (Lipinski definition) is 2. The molecule has 0 bridgehead atoms. The summed E-state index contributed by atoms with van der Waals surface area (Å²) in [6.45, 7) is 2.12. The smallest absolute Gasteiger partial charge is 0.170 e. The average Bonchev–Trinajstić information content (AvgIpc) is 2.38. The van der Waals surface area contributed by atoms with Gasteiger partial charge in [-0.1, -0.05) is 36.3 Å². The molecule has 0 heterocycles. The highest BCUT2D eigenvalue weighted by molar-refractivity contribution is 7.99. The first-order valence-electron chi connectivity index (χ1n) is 5.40. The van der Waals surface area contributed by atoms with Crippen LogP contribution in [0.25, 0.3) is 10.8 Å². The monoisotopic (exact) mass is 246 g/mol. The van der Waals surface area contributed by atoms with E-state index in [-0.39, 0.29) is 5.84 Å². The van der Waals surface area contributed by atoms with Gasteiger partial charge in [-0.25, -0.2) is 0 Å². The molecule has 0 radical (unpaired) electrons. The Morgan fingerprint density at radius 1 is 1.24 bits per heavy atom. The van der Waals surface area contributed by atoms with Gasteiger partial charge in [-0.3, -0.25) is 0 Å². The minimum Gasteiger partial charge on any atom is -0.409 e. The van der Waals surface area contributed by atoms with Gasteiger partial charge in [0.2, 0.25) is 0 Å². The van der Waals surface area contributed by atoms with Crippen LogP contribution < -0.4 is 5.73 Å². The quantitative estimate of drug-likeness (QED) is 0.288. The fourth-order valence-corrected chi connectivity index (χ4v) is 2.64. The fraction of sp³-hybridized carbons (Fsp3) is 0.154. The first-order valence-corrected chi connectivity index (χ1v) is 6.39. The molecule has 0 fully saturated rings.